The van der Waals surface area contributed by atoms with E-state index in [2.05, 4.69) is 51.1 Å². The number of hydrogen-bond donors (Lipinski definition) is 0. The standard InChI is InChI=1S/C20H28F2/c1-14(2)20(17-7-5-4-6-8-17)10-9-18(20)11-15(3)16-12-19(21,22)13-16/h4-8,14-16,18H,9-13H2,1-3H3. The van der Waals surface area contributed by atoms with Gasteiger partial charge in [0.25, 0.3) is 0 Å². The van der Waals surface area contributed by atoms with Crippen molar-refractivity contribution >= 4 is 0 Å². The second-order valence-corrected chi connectivity index (χ2v) is 8.03. The van der Waals surface area contributed by atoms with Gasteiger partial charge in [0.05, 0.1) is 0 Å². The van der Waals surface area contributed by atoms with Crippen LogP contribution in [0.2, 0.25) is 0 Å². The van der Waals surface area contributed by atoms with Crippen molar-refractivity contribution in [2.45, 2.75) is 64.2 Å². The van der Waals surface area contributed by atoms with Gasteiger partial charge in [-0.3, -0.25) is 0 Å². The molecule has 0 saturated heterocycles. The molecule has 0 N–H and O–H groups in total. The van der Waals surface area contributed by atoms with Gasteiger partial charge in [-0.1, -0.05) is 51.1 Å². The molecule has 1 aromatic rings. The van der Waals surface area contributed by atoms with Gasteiger partial charge >= 0.3 is 0 Å². The zero-order chi connectivity index (χ0) is 16.0. The molecule has 0 bridgehead atoms. The molecule has 2 heteroatoms. The van der Waals surface area contributed by atoms with Crippen molar-refractivity contribution in [1.82, 2.24) is 0 Å². The van der Waals surface area contributed by atoms with Crippen LogP contribution < -0.4 is 0 Å². The lowest BCUT2D eigenvalue weighted by Gasteiger charge is -2.55. The molecule has 0 radical (unpaired) electrons. The maximum atomic E-state index is 13.1. The third kappa shape index (κ3) is 2.59. The van der Waals surface area contributed by atoms with Gasteiger partial charge in [0.15, 0.2) is 0 Å². The molecule has 122 valence electrons. The predicted octanol–water partition coefficient (Wildman–Crippen LogP) is 6.06. The molecule has 2 aliphatic carbocycles. The minimum Gasteiger partial charge on any atom is -0.207 e. The van der Waals surface area contributed by atoms with Gasteiger partial charge < -0.3 is 0 Å². The van der Waals surface area contributed by atoms with Gasteiger partial charge in [-0.05, 0) is 48.5 Å². The van der Waals surface area contributed by atoms with E-state index in [1.807, 2.05) is 0 Å². The van der Waals surface area contributed by atoms with Gasteiger partial charge in [-0.25, -0.2) is 8.78 Å². The maximum absolute atomic E-state index is 13.1. The van der Waals surface area contributed by atoms with Crippen LogP contribution in [-0.2, 0) is 5.41 Å². The Morgan fingerprint density at radius 2 is 1.73 bits per heavy atom. The predicted molar refractivity (Wildman–Crippen MR) is 87.1 cm³/mol. The van der Waals surface area contributed by atoms with Crippen molar-refractivity contribution in [2.24, 2.45) is 23.7 Å². The summed E-state index contributed by atoms with van der Waals surface area (Å²) in [6.45, 7) is 6.83. The number of halogens is 2. The largest absolute Gasteiger partial charge is 0.248 e. The van der Waals surface area contributed by atoms with E-state index in [1.54, 1.807) is 0 Å². The molecule has 0 heterocycles. The lowest BCUT2D eigenvalue weighted by molar-refractivity contribution is -0.129. The van der Waals surface area contributed by atoms with Crippen LogP contribution in [0.4, 0.5) is 8.78 Å². The van der Waals surface area contributed by atoms with E-state index < -0.39 is 5.92 Å². The maximum Gasteiger partial charge on any atom is 0.248 e. The van der Waals surface area contributed by atoms with Crippen molar-refractivity contribution in [1.29, 1.82) is 0 Å². The van der Waals surface area contributed by atoms with Crippen molar-refractivity contribution in [3.63, 3.8) is 0 Å². The fraction of sp³-hybridized carbons (Fsp3) is 0.700. The van der Waals surface area contributed by atoms with Crippen LogP contribution in [0.3, 0.4) is 0 Å². The monoisotopic (exact) mass is 306 g/mol. The molecule has 0 aromatic heterocycles. The van der Waals surface area contributed by atoms with E-state index in [0.29, 0.717) is 17.8 Å². The van der Waals surface area contributed by atoms with Crippen LogP contribution in [0.1, 0.15) is 58.4 Å². The van der Waals surface area contributed by atoms with Gasteiger partial charge in [0, 0.05) is 18.3 Å². The first-order valence-corrected chi connectivity index (χ1v) is 8.78. The minimum absolute atomic E-state index is 0.112. The Hall–Kier alpha value is -0.920. The third-order valence-electron chi connectivity index (χ3n) is 6.56. The molecule has 1 aromatic carbocycles. The average Bonchev–Trinajstić information content (AvgIpc) is 2.42. The first-order valence-electron chi connectivity index (χ1n) is 8.78. The van der Waals surface area contributed by atoms with E-state index in [-0.39, 0.29) is 24.2 Å². The van der Waals surface area contributed by atoms with Crippen molar-refractivity contribution in [3.8, 4) is 0 Å². The van der Waals surface area contributed by atoms with Gasteiger partial charge in [0.1, 0.15) is 0 Å². The fourth-order valence-corrected chi connectivity index (χ4v) is 4.96. The fourth-order valence-electron chi connectivity index (χ4n) is 4.96. The van der Waals surface area contributed by atoms with Gasteiger partial charge in [0.2, 0.25) is 5.92 Å². The Balaban J connectivity index is 1.71. The minimum atomic E-state index is -2.38. The highest BCUT2D eigenvalue weighted by molar-refractivity contribution is 5.30. The van der Waals surface area contributed by atoms with Crippen molar-refractivity contribution in [3.05, 3.63) is 35.9 Å². The highest BCUT2D eigenvalue weighted by Gasteiger charge is 2.52. The Kier molecular flexibility index (Phi) is 4.07. The molecular formula is C20H28F2. The molecule has 0 spiro atoms. The molecule has 0 amide bonds. The summed E-state index contributed by atoms with van der Waals surface area (Å²) < 4.78 is 26.3. The molecule has 2 fully saturated rings. The Labute approximate surface area is 133 Å². The SMILES string of the molecule is CC(CC1CCC1(c1ccccc1)C(C)C)C1CC(F)(F)C1. The molecule has 2 saturated carbocycles. The van der Waals surface area contributed by atoms with Crippen LogP contribution >= 0.6 is 0 Å². The number of benzene rings is 1. The molecular weight excluding hydrogens is 278 g/mol. The summed E-state index contributed by atoms with van der Waals surface area (Å²) >= 11 is 0. The molecule has 0 nitrogen and oxygen atoms in total. The average molecular weight is 306 g/mol. The van der Waals surface area contributed by atoms with E-state index in [9.17, 15) is 8.78 Å². The lowest BCUT2D eigenvalue weighted by atomic mass is 9.49. The van der Waals surface area contributed by atoms with Crippen molar-refractivity contribution in [2.75, 3.05) is 0 Å². The molecule has 3 atom stereocenters. The summed E-state index contributed by atoms with van der Waals surface area (Å²) in [7, 11) is 0. The Bertz CT molecular complexity index is 500. The van der Waals surface area contributed by atoms with Crippen LogP contribution in [0, 0.1) is 23.7 Å². The Morgan fingerprint density at radius 3 is 2.18 bits per heavy atom. The van der Waals surface area contributed by atoms with Crippen molar-refractivity contribution < 1.29 is 8.78 Å². The lowest BCUT2D eigenvalue weighted by Crippen LogP contribution is -2.50. The molecule has 0 aliphatic heterocycles. The van der Waals surface area contributed by atoms with Crippen LogP contribution in [0.25, 0.3) is 0 Å². The van der Waals surface area contributed by atoms with E-state index >= 15 is 0 Å². The molecule has 3 unspecified atom stereocenters. The normalized spacial score (nSPS) is 32.4. The summed E-state index contributed by atoms with van der Waals surface area (Å²) in [5, 5.41) is 0. The quantitative estimate of drug-likeness (QED) is 0.620. The highest BCUT2D eigenvalue weighted by Crippen LogP contribution is 2.57. The second-order valence-electron chi connectivity index (χ2n) is 8.03. The van der Waals surface area contributed by atoms with Crippen LogP contribution in [0.5, 0.6) is 0 Å². The summed E-state index contributed by atoms with van der Waals surface area (Å²) in [6, 6.07) is 10.8. The smallest absolute Gasteiger partial charge is 0.207 e. The van der Waals surface area contributed by atoms with Gasteiger partial charge in [-0.15, -0.1) is 0 Å². The molecule has 2 aliphatic rings. The zero-order valence-corrected chi connectivity index (χ0v) is 14.0. The first kappa shape index (κ1) is 16.0. The topological polar surface area (TPSA) is 0 Å². The summed E-state index contributed by atoms with van der Waals surface area (Å²) in [4.78, 5) is 0. The number of alkyl halides is 2. The zero-order valence-electron chi connectivity index (χ0n) is 14.0. The van der Waals surface area contributed by atoms with Crippen LogP contribution in [-0.4, -0.2) is 5.92 Å². The van der Waals surface area contributed by atoms with E-state index in [0.717, 1.165) is 6.42 Å². The first-order chi connectivity index (χ1) is 10.3. The molecule has 22 heavy (non-hydrogen) atoms. The summed E-state index contributed by atoms with van der Waals surface area (Å²) in [5.41, 5.74) is 1.72. The van der Waals surface area contributed by atoms with Crippen LogP contribution in [0.15, 0.2) is 30.3 Å². The third-order valence-corrected chi connectivity index (χ3v) is 6.56. The summed E-state index contributed by atoms with van der Waals surface area (Å²) in [6.07, 6.45) is 3.82. The van der Waals surface area contributed by atoms with E-state index in [4.69, 9.17) is 0 Å². The Morgan fingerprint density at radius 1 is 1.09 bits per heavy atom. The number of hydrogen-bond acceptors (Lipinski definition) is 0. The second kappa shape index (κ2) is 5.62. The van der Waals surface area contributed by atoms with Gasteiger partial charge in [-0.2, -0.15) is 0 Å². The number of rotatable bonds is 5. The summed E-state index contributed by atoms with van der Waals surface area (Å²) in [5.74, 6) is -0.474. The highest BCUT2D eigenvalue weighted by atomic mass is 19.3. The van der Waals surface area contributed by atoms with E-state index in [1.165, 1.54) is 18.4 Å². The molecule has 3 rings (SSSR count).